The summed E-state index contributed by atoms with van der Waals surface area (Å²) in [4.78, 5) is 0. The molecule has 0 aliphatic rings. The number of halogens is 1. The first-order valence-electron chi connectivity index (χ1n) is 10.4. The summed E-state index contributed by atoms with van der Waals surface area (Å²) in [7, 11) is 0. The fraction of sp³-hybridized carbons (Fsp3) is 0.259. The third-order valence-electron chi connectivity index (χ3n) is 5.18. The summed E-state index contributed by atoms with van der Waals surface area (Å²) >= 11 is 0. The first-order chi connectivity index (χ1) is 13.7. The first-order valence-corrected chi connectivity index (χ1v) is 10.4. The molecule has 0 saturated heterocycles. The molecule has 0 heterocycles. The number of hydrogen-bond acceptors (Lipinski definition) is 0. The van der Waals surface area contributed by atoms with Gasteiger partial charge in [0.15, 0.2) is 0 Å². The first kappa shape index (κ1) is 20.1. The number of aryl methyl sites for hydroxylation is 2. The zero-order valence-corrected chi connectivity index (χ0v) is 16.9. The highest BCUT2D eigenvalue weighted by Gasteiger charge is 2.06. The lowest BCUT2D eigenvalue weighted by Crippen LogP contribution is -1.90. The molecule has 0 bridgehead atoms. The van der Waals surface area contributed by atoms with Gasteiger partial charge in [-0.25, -0.2) is 4.39 Å². The highest BCUT2D eigenvalue weighted by atomic mass is 19.1. The van der Waals surface area contributed by atoms with E-state index in [4.69, 9.17) is 0 Å². The standard InChI is InChI=1S/C27H29F/c1-3-5-6-7-24-16-19-26(27(28)20-24)25-17-14-23(15-18-25)13-12-22-10-8-21(4-2)9-11-22/h8-20H,3-7H2,1-2H3. The Morgan fingerprint density at radius 1 is 0.714 bits per heavy atom. The Labute approximate surface area is 168 Å². The van der Waals surface area contributed by atoms with Gasteiger partial charge < -0.3 is 0 Å². The van der Waals surface area contributed by atoms with Gasteiger partial charge in [0.2, 0.25) is 0 Å². The molecule has 3 aromatic carbocycles. The third kappa shape index (κ3) is 5.42. The Morgan fingerprint density at radius 2 is 1.32 bits per heavy atom. The maximum Gasteiger partial charge on any atom is 0.131 e. The molecule has 0 unspecified atom stereocenters. The van der Waals surface area contributed by atoms with E-state index in [-0.39, 0.29) is 5.82 Å². The molecule has 0 radical (unpaired) electrons. The summed E-state index contributed by atoms with van der Waals surface area (Å²) in [5.41, 5.74) is 6.32. The molecule has 0 spiro atoms. The maximum absolute atomic E-state index is 14.6. The molecule has 0 aromatic heterocycles. The summed E-state index contributed by atoms with van der Waals surface area (Å²) in [6.07, 6.45) is 9.72. The van der Waals surface area contributed by atoms with E-state index in [1.807, 2.05) is 30.3 Å². The van der Waals surface area contributed by atoms with Crippen LogP contribution < -0.4 is 0 Å². The van der Waals surface area contributed by atoms with Crippen molar-refractivity contribution in [3.63, 3.8) is 0 Å². The quantitative estimate of drug-likeness (QED) is 0.278. The molecular formula is C27H29F. The zero-order valence-electron chi connectivity index (χ0n) is 16.9. The van der Waals surface area contributed by atoms with E-state index in [1.165, 1.54) is 24.0 Å². The van der Waals surface area contributed by atoms with Crippen LogP contribution in [0.4, 0.5) is 4.39 Å². The number of rotatable bonds is 8. The predicted octanol–water partition coefficient (Wildman–Crippen LogP) is 7.96. The minimum Gasteiger partial charge on any atom is -0.206 e. The van der Waals surface area contributed by atoms with Crippen LogP contribution in [-0.2, 0) is 12.8 Å². The largest absolute Gasteiger partial charge is 0.206 e. The van der Waals surface area contributed by atoms with Gasteiger partial charge in [0, 0.05) is 5.56 Å². The molecule has 0 N–H and O–H groups in total. The SMILES string of the molecule is CCCCCc1ccc(-c2ccc(C=Cc3ccc(CC)cc3)cc2)c(F)c1. The Morgan fingerprint density at radius 3 is 1.89 bits per heavy atom. The fourth-order valence-electron chi connectivity index (χ4n) is 3.36. The minimum absolute atomic E-state index is 0.131. The van der Waals surface area contributed by atoms with Gasteiger partial charge in [-0.3, -0.25) is 0 Å². The van der Waals surface area contributed by atoms with Crippen molar-refractivity contribution in [1.29, 1.82) is 0 Å². The second-order valence-corrected chi connectivity index (χ2v) is 7.32. The molecule has 28 heavy (non-hydrogen) atoms. The van der Waals surface area contributed by atoms with E-state index >= 15 is 0 Å². The third-order valence-corrected chi connectivity index (χ3v) is 5.18. The average molecular weight is 373 g/mol. The molecule has 0 aliphatic heterocycles. The highest BCUT2D eigenvalue weighted by Crippen LogP contribution is 2.25. The van der Waals surface area contributed by atoms with Crippen LogP contribution >= 0.6 is 0 Å². The van der Waals surface area contributed by atoms with Gasteiger partial charge in [0.05, 0.1) is 0 Å². The van der Waals surface area contributed by atoms with E-state index < -0.39 is 0 Å². The zero-order chi connectivity index (χ0) is 19.8. The van der Waals surface area contributed by atoms with Crippen LogP contribution in [0.15, 0.2) is 66.7 Å². The molecule has 0 atom stereocenters. The number of unbranched alkanes of at least 4 members (excludes halogenated alkanes) is 2. The van der Waals surface area contributed by atoms with Gasteiger partial charge in [-0.15, -0.1) is 0 Å². The van der Waals surface area contributed by atoms with E-state index in [0.717, 1.165) is 36.0 Å². The van der Waals surface area contributed by atoms with Crippen molar-refractivity contribution in [3.8, 4) is 11.1 Å². The Kier molecular flexibility index (Phi) is 7.19. The molecule has 0 amide bonds. The van der Waals surface area contributed by atoms with Crippen LogP contribution in [-0.4, -0.2) is 0 Å². The molecule has 0 aliphatic carbocycles. The molecule has 0 saturated carbocycles. The molecule has 0 nitrogen and oxygen atoms in total. The van der Waals surface area contributed by atoms with Crippen LogP contribution in [0.25, 0.3) is 23.3 Å². The van der Waals surface area contributed by atoms with Crippen molar-refractivity contribution in [2.75, 3.05) is 0 Å². The van der Waals surface area contributed by atoms with Gasteiger partial charge in [0.1, 0.15) is 5.82 Å². The Balaban J connectivity index is 1.68. The van der Waals surface area contributed by atoms with Gasteiger partial charge in [-0.1, -0.05) is 99.5 Å². The van der Waals surface area contributed by atoms with E-state index in [2.05, 4.69) is 56.3 Å². The lowest BCUT2D eigenvalue weighted by Gasteiger charge is -2.07. The second-order valence-electron chi connectivity index (χ2n) is 7.32. The highest BCUT2D eigenvalue weighted by molar-refractivity contribution is 5.72. The van der Waals surface area contributed by atoms with Crippen molar-refractivity contribution >= 4 is 12.2 Å². The fourth-order valence-corrected chi connectivity index (χ4v) is 3.36. The minimum atomic E-state index is -0.131. The van der Waals surface area contributed by atoms with E-state index in [0.29, 0.717) is 5.56 Å². The van der Waals surface area contributed by atoms with Gasteiger partial charge in [-0.2, -0.15) is 0 Å². The molecule has 3 rings (SSSR count). The van der Waals surface area contributed by atoms with Crippen LogP contribution in [0.1, 0.15) is 55.4 Å². The second kappa shape index (κ2) is 10.0. The van der Waals surface area contributed by atoms with Crippen molar-refractivity contribution in [2.24, 2.45) is 0 Å². The van der Waals surface area contributed by atoms with Gasteiger partial charge in [-0.05, 0) is 53.1 Å². The molecule has 0 fully saturated rings. The normalized spacial score (nSPS) is 11.2. The van der Waals surface area contributed by atoms with E-state index in [9.17, 15) is 4.39 Å². The smallest absolute Gasteiger partial charge is 0.131 e. The molecule has 3 aromatic rings. The van der Waals surface area contributed by atoms with Crippen molar-refractivity contribution in [2.45, 2.75) is 46.0 Å². The van der Waals surface area contributed by atoms with Gasteiger partial charge in [0.25, 0.3) is 0 Å². The summed E-state index contributed by atoms with van der Waals surface area (Å²) < 4.78 is 14.6. The van der Waals surface area contributed by atoms with Crippen molar-refractivity contribution in [3.05, 3.63) is 94.8 Å². The molecule has 144 valence electrons. The summed E-state index contributed by atoms with van der Waals surface area (Å²) in [5, 5.41) is 0. The lowest BCUT2D eigenvalue weighted by molar-refractivity contribution is 0.626. The Hall–Kier alpha value is -2.67. The predicted molar refractivity (Wildman–Crippen MR) is 120 cm³/mol. The van der Waals surface area contributed by atoms with Gasteiger partial charge >= 0.3 is 0 Å². The topological polar surface area (TPSA) is 0 Å². The average Bonchev–Trinajstić information content (AvgIpc) is 2.73. The van der Waals surface area contributed by atoms with Crippen LogP contribution in [0.2, 0.25) is 0 Å². The number of hydrogen-bond donors (Lipinski definition) is 0. The van der Waals surface area contributed by atoms with Crippen LogP contribution in [0.5, 0.6) is 0 Å². The molecule has 1 heteroatoms. The monoisotopic (exact) mass is 372 g/mol. The summed E-state index contributed by atoms with van der Waals surface area (Å²) in [6, 6.07) is 22.3. The molecular weight excluding hydrogens is 343 g/mol. The van der Waals surface area contributed by atoms with Crippen LogP contribution in [0.3, 0.4) is 0 Å². The summed E-state index contributed by atoms with van der Waals surface area (Å²) in [6.45, 7) is 4.35. The maximum atomic E-state index is 14.6. The van der Waals surface area contributed by atoms with Crippen molar-refractivity contribution < 1.29 is 4.39 Å². The van der Waals surface area contributed by atoms with Crippen LogP contribution in [0, 0.1) is 5.82 Å². The lowest BCUT2D eigenvalue weighted by atomic mass is 9.99. The van der Waals surface area contributed by atoms with Crippen molar-refractivity contribution in [1.82, 2.24) is 0 Å². The van der Waals surface area contributed by atoms with E-state index in [1.54, 1.807) is 6.07 Å². The Bertz CT molecular complexity index is 902. The number of benzene rings is 3. The summed E-state index contributed by atoms with van der Waals surface area (Å²) in [5.74, 6) is -0.131.